The standard InChI is InChI=1S/C22H28N4O5/c1-15-4-5-18-19(26(15)22(29)30)7-6-17(16-12-23-25(13-16)10-11-27)21(18)31-14-20(28)24-8-2-3-9-24/h6-7,12-13,15,27H,2-5,8-11,14H2,1H3,(H,29,30)/t15-/m0/s1. The molecule has 2 aromatic rings. The van der Waals surface area contributed by atoms with E-state index >= 15 is 0 Å². The summed E-state index contributed by atoms with van der Waals surface area (Å²) < 4.78 is 7.74. The maximum absolute atomic E-state index is 12.6. The summed E-state index contributed by atoms with van der Waals surface area (Å²) in [5, 5.41) is 23.2. The average molecular weight is 428 g/mol. The van der Waals surface area contributed by atoms with Gasteiger partial charge in [-0.15, -0.1) is 0 Å². The Morgan fingerprint density at radius 2 is 2.03 bits per heavy atom. The molecule has 9 nitrogen and oxygen atoms in total. The Kier molecular flexibility index (Phi) is 6.13. The number of hydrogen-bond acceptors (Lipinski definition) is 5. The number of carbonyl (C=O) groups excluding carboxylic acids is 1. The van der Waals surface area contributed by atoms with E-state index in [1.165, 1.54) is 4.90 Å². The first-order chi connectivity index (χ1) is 15.0. The number of rotatable bonds is 6. The molecule has 0 aliphatic carbocycles. The molecule has 0 bridgehead atoms. The van der Waals surface area contributed by atoms with Crippen LogP contribution in [0.15, 0.2) is 24.5 Å². The van der Waals surface area contributed by atoms with Crippen molar-refractivity contribution in [2.45, 2.75) is 45.2 Å². The lowest BCUT2D eigenvalue weighted by molar-refractivity contribution is -0.132. The zero-order valence-electron chi connectivity index (χ0n) is 17.7. The number of carbonyl (C=O) groups is 2. The number of carboxylic acid groups (broad SMARTS) is 1. The summed E-state index contributed by atoms with van der Waals surface area (Å²) in [6.45, 7) is 3.65. The zero-order valence-corrected chi connectivity index (χ0v) is 17.7. The number of ether oxygens (including phenoxy) is 1. The largest absolute Gasteiger partial charge is 0.483 e. The first-order valence-electron chi connectivity index (χ1n) is 10.7. The van der Waals surface area contributed by atoms with Gasteiger partial charge in [-0.2, -0.15) is 5.10 Å². The summed E-state index contributed by atoms with van der Waals surface area (Å²) in [7, 11) is 0. The number of nitrogens with zero attached hydrogens (tertiary/aromatic N) is 4. The van der Waals surface area contributed by atoms with E-state index in [1.807, 2.05) is 19.2 Å². The van der Waals surface area contributed by atoms with Crippen LogP contribution in [0.25, 0.3) is 11.1 Å². The number of likely N-dealkylation sites (tertiary alicyclic amines) is 1. The molecular formula is C22H28N4O5. The summed E-state index contributed by atoms with van der Waals surface area (Å²) in [6.07, 6.45) is 5.84. The van der Waals surface area contributed by atoms with E-state index < -0.39 is 6.09 Å². The van der Waals surface area contributed by atoms with E-state index in [0.29, 0.717) is 30.8 Å². The molecule has 0 saturated carbocycles. The summed E-state index contributed by atoms with van der Waals surface area (Å²) in [6, 6.07) is 3.48. The molecule has 2 aliphatic heterocycles. The number of aliphatic hydroxyl groups excluding tert-OH is 1. The van der Waals surface area contributed by atoms with Crippen molar-refractivity contribution in [3.8, 4) is 16.9 Å². The van der Waals surface area contributed by atoms with Crippen LogP contribution >= 0.6 is 0 Å². The fourth-order valence-corrected chi connectivity index (χ4v) is 4.41. The van der Waals surface area contributed by atoms with Crippen LogP contribution in [0.2, 0.25) is 0 Å². The van der Waals surface area contributed by atoms with Gasteiger partial charge in [0.05, 0.1) is 25.0 Å². The van der Waals surface area contributed by atoms with E-state index in [1.54, 1.807) is 21.8 Å². The second kappa shape index (κ2) is 8.97. The number of hydrogen-bond donors (Lipinski definition) is 2. The van der Waals surface area contributed by atoms with Crippen molar-refractivity contribution in [1.29, 1.82) is 0 Å². The normalized spacial score (nSPS) is 18.2. The molecule has 0 spiro atoms. The van der Waals surface area contributed by atoms with Gasteiger partial charge < -0.3 is 19.8 Å². The topological polar surface area (TPSA) is 108 Å². The Morgan fingerprint density at radius 1 is 1.26 bits per heavy atom. The Bertz CT molecular complexity index is 967. The molecule has 166 valence electrons. The van der Waals surface area contributed by atoms with Gasteiger partial charge in [0.15, 0.2) is 6.61 Å². The molecule has 4 rings (SSSR count). The molecule has 9 heteroatoms. The van der Waals surface area contributed by atoms with Gasteiger partial charge in [-0.25, -0.2) is 4.79 Å². The van der Waals surface area contributed by atoms with Gasteiger partial charge in [-0.05, 0) is 44.7 Å². The van der Waals surface area contributed by atoms with Crippen molar-refractivity contribution in [2.24, 2.45) is 0 Å². The molecule has 1 aromatic carbocycles. The second-order valence-corrected chi connectivity index (χ2v) is 8.07. The van der Waals surface area contributed by atoms with Gasteiger partial charge >= 0.3 is 6.09 Å². The molecule has 0 unspecified atom stereocenters. The zero-order chi connectivity index (χ0) is 22.0. The lowest BCUT2D eigenvalue weighted by atomic mass is 9.92. The first kappa shape index (κ1) is 21.2. The second-order valence-electron chi connectivity index (χ2n) is 8.07. The molecular weight excluding hydrogens is 400 g/mol. The van der Waals surface area contributed by atoms with E-state index in [4.69, 9.17) is 4.74 Å². The van der Waals surface area contributed by atoms with Gasteiger partial charge in [0.1, 0.15) is 5.75 Å². The molecule has 1 aromatic heterocycles. The summed E-state index contributed by atoms with van der Waals surface area (Å²) in [5.74, 6) is 0.475. The van der Waals surface area contributed by atoms with Gasteiger partial charge in [0.2, 0.25) is 0 Å². The summed E-state index contributed by atoms with van der Waals surface area (Å²) in [4.78, 5) is 27.7. The minimum atomic E-state index is -1.00. The van der Waals surface area contributed by atoms with Gasteiger partial charge in [0.25, 0.3) is 5.91 Å². The fraction of sp³-hybridized carbons (Fsp3) is 0.500. The van der Waals surface area contributed by atoms with E-state index in [2.05, 4.69) is 5.10 Å². The van der Waals surface area contributed by atoms with Crippen molar-refractivity contribution >= 4 is 17.7 Å². The first-order valence-corrected chi connectivity index (χ1v) is 10.7. The Balaban J connectivity index is 1.71. The fourth-order valence-electron chi connectivity index (χ4n) is 4.41. The minimum Gasteiger partial charge on any atom is -0.483 e. The molecule has 31 heavy (non-hydrogen) atoms. The number of anilines is 1. The molecule has 2 amide bonds. The lowest BCUT2D eigenvalue weighted by Crippen LogP contribution is -2.41. The van der Waals surface area contributed by atoms with Crippen molar-refractivity contribution in [1.82, 2.24) is 14.7 Å². The quantitative estimate of drug-likeness (QED) is 0.731. The number of aliphatic hydroxyl groups is 1. The number of aromatic nitrogens is 2. The van der Waals surface area contributed by atoms with Crippen molar-refractivity contribution in [3.63, 3.8) is 0 Å². The molecule has 1 atom stereocenters. The Labute approximate surface area is 180 Å². The number of benzene rings is 1. The average Bonchev–Trinajstić information content (AvgIpc) is 3.44. The van der Waals surface area contributed by atoms with E-state index in [-0.39, 0.29) is 25.2 Å². The molecule has 3 heterocycles. The number of amides is 2. The lowest BCUT2D eigenvalue weighted by Gasteiger charge is -2.34. The maximum Gasteiger partial charge on any atom is 0.412 e. The SMILES string of the molecule is C[C@H]1CCc2c(ccc(-c3cnn(CCO)c3)c2OCC(=O)N2CCCC2)N1C(=O)O. The molecule has 1 saturated heterocycles. The van der Waals surface area contributed by atoms with Crippen LogP contribution < -0.4 is 9.64 Å². The van der Waals surface area contributed by atoms with E-state index in [9.17, 15) is 19.8 Å². The highest BCUT2D eigenvalue weighted by atomic mass is 16.5. The molecule has 0 radical (unpaired) electrons. The highest BCUT2D eigenvalue weighted by molar-refractivity contribution is 5.91. The third-order valence-corrected chi connectivity index (χ3v) is 6.03. The molecule has 1 fully saturated rings. The van der Waals surface area contributed by atoms with Crippen LogP contribution in [-0.2, 0) is 17.8 Å². The predicted molar refractivity (Wildman–Crippen MR) is 114 cm³/mol. The highest BCUT2D eigenvalue weighted by Crippen LogP contribution is 2.43. The highest BCUT2D eigenvalue weighted by Gasteiger charge is 2.32. The smallest absolute Gasteiger partial charge is 0.412 e. The van der Waals surface area contributed by atoms with Crippen LogP contribution in [0.3, 0.4) is 0 Å². The Hall–Kier alpha value is -3.07. The van der Waals surface area contributed by atoms with Crippen LogP contribution in [0.5, 0.6) is 5.75 Å². The predicted octanol–water partition coefficient (Wildman–Crippen LogP) is 2.36. The number of fused-ring (bicyclic) bond motifs is 1. The summed E-state index contributed by atoms with van der Waals surface area (Å²) in [5.41, 5.74) is 2.95. The van der Waals surface area contributed by atoms with Gasteiger partial charge in [0, 0.05) is 42.0 Å². The van der Waals surface area contributed by atoms with Gasteiger partial charge in [-0.1, -0.05) is 0 Å². The van der Waals surface area contributed by atoms with Crippen molar-refractivity contribution in [2.75, 3.05) is 31.2 Å². The van der Waals surface area contributed by atoms with Crippen LogP contribution in [0, 0.1) is 0 Å². The molecule has 2 N–H and O–H groups in total. The summed E-state index contributed by atoms with van der Waals surface area (Å²) >= 11 is 0. The Morgan fingerprint density at radius 3 is 2.74 bits per heavy atom. The van der Waals surface area contributed by atoms with Crippen LogP contribution in [-0.4, -0.2) is 69.2 Å². The van der Waals surface area contributed by atoms with Crippen molar-refractivity contribution in [3.05, 3.63) is 30.1 Å². The third-order valence-electron chi connectivity index (χ3n) is 6.03. The maximum atomic E-state index is 12.6. The minimum absolute atomic E-state index is 0.0234. The van der Waals surface area contributed by atoms with Crippen LogP contribution in [0.4, 0.5) is 10.5 Å². The molecule has 2 aliphatic rings. The monoisotopic (exact) mass is 428 g/mol. The van der Waals surface area contributed by atoms with Crippen molar-refractivity contribution < 1.29 is 24.5 Å². The third kappa shape index (κ3) is 4.23. The van der Waals surface area contributed by atoms with E-state index in [0.717, 1.165) is 42.6 Å². The van der Waals surface area contributed by atoms with Gasteiger partial charge in [-0.3, -0.25) is 14.4 Å². The van der Waals surface area contributed by atoms with Crippen LogP contribution in [0.1, 0.15) is 31.7 Å².